The van der Waals surface area contributed by atoms with E-state index in [1.54, 1.807) is 11.3 Å². The van der Waals surface area contributed by atoms with E-state index in [1.807, 2.05) is 59.9 Å². The molecule has 0 radical (unpaired) electrons. The Morgan fingerprint density at radius 1 is 0.395 bits per heavy atom. The molecule has 0 atom stereocenters. The summed E-state index contributed by atoms with van der Waals surface area (Å²) < 4.78 is 16.1. The van der Waals surface area contributed by atoms with E-state index in [1.165, 1.54) is 25.7 Å². The summed E-state index contributed by atoms with van der Waals surface area (Å²) >= 11 is 3.61. The van der Waals surface area contributed by atoms with Crippen molar-refractivity contribution in [2.75, 3.05) is 0 Å². The van der Waals surface area contributed by atoms with E-state index in [4.69, 9.17) is 4.42 Å². The van der Waals surface area contributed by atoms with Crippen molar-refractivity contribution in [3.63, 3.8) is 0 Å². The van der Waals surface area contributed by atoms with Crippen molar-refractivity contribution in [2.24, 2.45) is 0 Å². The van der Waals surface area contributed by atoms with Crippen molar-refractivity contribution in [3.8, 4) is 62.0 Å². The molecular weight excluding hydrogens is 1020 g/mol. The quantitative estimate of drug-likeness (QED) is 0.156. The van der Waals surface area contributed by atoms with Gasteiger partial charge in [0.05, 0.1) is 55.0 Å². The van der Waals surface area contributed by atoms with E-state index >= 15 is 0 Å². The number of nitriles is 1. The molecule has 0 amide bonds. The molecule has 0 unspecified atom stereocenters. The van der Waals surface area contributed by atoms with E-state index < -0.39 is 0 Å². The van der Waals surface area contributed by atoms with Crippen LogP contribution in [0, 0.1) is 17.9 Å². The summed E-state index contributed by atoms with van der Waals surface area (Å²) in [5.41, 5.74) is 15.3. The van der Waals surface area contributed by atoms with Gasteiger partial charge in [-0.1, -0.05) is 212 Å². The maximum atomic E-state index is 12.4. The number of furan rings is 1. The van der Waals surface area contributed by atoms with Gasteiger partial charge < -0.3 is 13.6 Å². The van der Waals surface area contributed by atoms with Crippen LogP contribution in [0.25, 0.3) is 167 Å². The van der Waals surface area contributed by atoms with E-state index in [2.05, 4.69) is 214 Å². The number of fused-ring (bicyclic) bond motifs is 17. The maximum Gasteiger partial charge on any atom is 0.220 e. The number of benzene rings is 12. The van der Waals surface area contributed by atoms with Gasteiger partial charge in [-0.15, -0.1) is 22.7 Å². The number of hydrogen-bond donors (Lipinski definition) is 0. The number of para-hydroxylation sites is 3. The van der Waals surface area contributed by atoms with Crippen LogP contribution in [0.1, 0.15) is 5.56 Å². The fourth-order valence-electron chi connectivity index (χ4n) is 13.2. The zero-order valence-corrected chi connectivity index (χ0v) is 44.7. The molecule has 0 aliphatic rings. The zero-order valence-electron chi connectivity index (χ0n) is 43.1. The lowest BCUT2D eigenvalue weighted by molar-refractivity contribution is 0.670. The predicted molar refractivity (Wildman–Crippen MR) is 341 cm³/mol. The van der Waals surface area contributed by atoms with Crippen LogP contribution < -0.4 is 0 Å². The van der Waals surface area contributed by atoms with Crippen molar-refractivity contribution in [1.29, 1.82) is 5.26 Å². The fourth-order valence-corrected chi connectivity index (χ4v) is 15.8. The molecule has 0 spiro atoms. The lowest BCUT2D eigenvalue weighted by atomic mass is 9.88. The molecule has 5 aromatic heterocycles. The molecule has 7 heteroatoms. The average molecular weight is 1070 g/mol. The van der Waals surface area contributed by atoms with Gasteiger partial charge in [0.25, 0.3) is 0 Å². The molecule has 0 N–H and O–H groups in total. The summed E-state index contributed by atoms with van der Waals surface area (Å²) in [4.78, 5) is 4.63. The topological polar surface area (TPSA) is 51.1 Å². The van der Waals surface area contributed by atoms with Crippen molar-refractivity contribution in [1.82, 2.24) is 9.13 Å². The van der Waals surface area contributed by atoms with Gasteiger partial charge in [-0.3, -0.25) is 0 Å². The van der Waals surface area contributed by atoms with Gasteiger partial charge in [0, 0.05) is 80.0 Å². The molecule has 17 rings (SSSR count). The number of nitrogens with zero attached hydrogens (tertiary/aromatic N) is 4. The predicted octanol–water partition coefficient (Wildman–Crippen LogP) is 21.6. The first-order valence-electron chi connectivity index (χ1n) is 27.0. The Morgan fingerprint density at radius 3 is 1.68 bits per heavy atom. The molecule has 0 aliphatic heterocycles. The molecule has 5 nitrogen and oxygen atoms in total. The zero-order chi connectivity index (χ0) is 53.4. The highest BCUT2D eigenvalue weighted by molar-refractivity contribution is 7.27. The second-order valence-corrected chi connectivity index (χ2v) is 22.8. The molecule has 374 valence electrons. The Balaban J connectivity index is 1.09. The number of hydrogen-bond acceptors (Lipinski definition) is 4. The molecule has 12 aromatic carbocycles. The highest BCUT2D eigenvalue weighted by Crippen LogP contribution is 2.55. The highest BCUT2D eigenvalue weighted by Gasteiger charge is 2.33. The normalized spacial score (nSPS) is 11.9. The molecule has 5 heterocycles. The fraction of sp³-hybridized carbons (Fsp3) is 0. The second-order valence-electron chi connectivity index (χ2n) is 20.8. The summed E-state index contributed by atoms with van der Waals surface area (Å²) in [6, 6.07) is 88.4. The molecule has 0 saturated heterocycles. The van der Waals surface area contributed by atoms with Gasteiger partial charge in [-0.05, 0) is 58.1 Å². The van der Waals surface area contributed by atoms with Gasteiger partial charge in [0.1, 0.15) is 17.2 Å². The van der Waals surface area contributed by atoms with Crippen LogP contribution in [0.3, 0.4) is 0 Å². The molecule has 0 aliphatic carbocycles. The van der Waals surface area contributed by atoms with Crippen LogP contribution in [0.5, 0.6) is 0 Å². The first kappa shape index (κ1) is 45.5. The molecule has 81 heavy (non-hydrogen) atoms. The van der Waals surface area contributed by atoms with Crippen LogP contribution in [0.4, 0.5) is 5.69 Å². The third-order valence-corrected chi connectivity index (χ3v) is 19.0. The van der Waals surface area contributed by atoms with Crippen LogP contribution >= 0.6 is 22.7 Å². The lowest BCUT2D eigenvalue weighted by Gasteiger charge is -2.26. The van der Waals surface area contributed by atoms with Gasteiger partial charge >= 0.3 is 0 Å². The van der Waals surface area contributed by atoms with Crippen molar-refractivity contribution < 1.29 is 4.42 Å². The van der Waals surface area contributed by atoms with Crippen LogP contribution in [0.15, 0.2) is 247 Å². The Morgan fingerprint density at radius 2 is 0.951 bits per heavy atom. The Bertz CT molecular complexity index is 5610. The van der Waals surface area contributed by atoms with Crippen LogP contribution in [-0.4, -0.2) is 9.13 Å². The van der Waals surface area contributed by atoms with Gasteiger partial charge in [-0.2, -0.15) is 5.26 Å². The van der Waals surface area contributed by atoms with Crippen molar-refractivity contribution in [2.45, 2.75) is 0 Å². The molecule has 17 aromatic rings. The molecule has 0 bridgehead atoms. The summed E-state index contributed by atoms with van der Waals surface area (Å²) in [6.07, 6.45) is 0. The molecule has 0 saturated carbocycles. The van der Waals surface area contributed by atoms with E-state index in [0.717, 1.165) is 125 Å². The second kappa shape index (κ2) is 17.5. The SMILES string of the molecule is [C-]#[N+]c1c(-c2ccccc2)c(C#N)c(-n2c3c(ccc4c5ccccc5sc43)c3ccc4c5cccc(-c6ccccc6)c5sc4c32)c(-c2ccccc2)c1-n1c2ccccc2c2cc(-c3cccc4c3oc3ccccc34)ccc21. The minimum atomic E-state index is 0.395. The van der Waals surface area contributed by atoms with Crippen LogP contribution in [0.2, 0.25) is 0 Å². The van der Waals surface area contributed by atoms with Gasteiger partial charge in [0.2, 0.25) is 5.69 Å². The Labute approximate surface area is 471 Å². The minimum absolute atomic E-state index is 0.395. The van der Waals surface area contributed by atoms with Gasteiger partial charge in [-0.25, -0.2) is 4.85 Å². The van der Waals surface area contributed by atoms with E-state index in [-0.39, 0.29) is 0 Å². The van der Waals surface area contributed by atoms with Crippen molar-refractivity contribution in [3.05, 3.63) is 260 Å². The number of thiophene rings is 2. The first-order chi connectivity index (χ1) is 40.1. The highest BCUT2D eigenvalue weighted by atomic mass is 32.1. The average Bonchev–Trinajstić information content (AvgIpc) is 3.43. The molecule has 0 fully saturated rings. The summed E-state index contributed by atoms with van der Waals surface area (Å²) in [5, 5.41) is 23.4. The standard InChI is InChI=1S/C74H40N4OS2/c1-76-66-64(44-21-7-3-8-22-44)59(42-75)67(78-68-52(36-38-56-51-27-13-16-34-63(51)80-73(56)68)53-37-39-57-55-31-18-29-48(43-19-5-2-6-20-43)72(55)81-74(57)69(53)78)65(45-23-9-4-10-24-45)70(66)77-60-32-14-11-25-49(60)58-41-46(35-40-61(58)77)47-28-17-30-54-50-26-12-15-33-62(50)79-71(47)54/h2-41H. The largest absolute Gasteiger partial charge is 0.455 e. The number of rotatable bonds is 6. The molecular formula is C74H40N4OS2. The summed E-state index contributed by atoms with van der Waals surface area (Å²) in [5.74, 6) is 0. The number of aromatic nitrogens is 2. The maximum absolute atomic E-state index is 12.4. The van der Waals surface area contributed by atoms with E-state index in [9.17, 15) is 11.8 Å². The Kier molecular flexibility index (Phi) is 9.82. The van der Waals surface area contributed by atoms with Crippen LogP contribution in [-0.2, 0) is 0 Å². The third kappa shape index (κ3) is 6.45. The van der Waals surface area contributed by atoms with Gasteiger partial charge in [0.15, 0.2) is 0 Å². The van der Waals surface area contributed by atoms with Crippen molar-refractivity contribution >= 4 is 134 Å². The Hall–Kier alpha value is -10.5. The summed E-state index contributed by atoms with van der Waals surface area (Å²) in [6.45, 7) is 9.52. The third-order valence-electron chi connectivity index (χ3n) is 16.6. The minimum Gasteiger partial charge on any atom is -0.455 e. The summed E-state index contributed by atoms with van der Waals surface area (Å²) in [7, 11) is 0. The lowest BCUT2D eigenvalue weighted by Crippen LogP contribution is -2.09. The first-order valence-corrected chi connectivity index (χ1v) is 28.6. The smallest absolute Gasteiger partial charge is 0.220 e. The monoisotopic (exact) mass is 1060 g/mol. The van der Waals surface area contributed by atoms with E-state index in [0.29, 0.717) is 22.5 Å².